The van der Waals surface area contributed by atoms with Gasteiger partial charge < -0.3 is 15.5 Å². The van der Waals surface area contributed by atoms with Gasteiger partial charge in [0.05, 0.1) is 6.26 Å². The summed E-state index contributed by atoms with van der Waals surface area (Å²) in [6.07, 6.45) is 3.36. The fraction of sp³-hybridized carbons (Fsp3) is 0.929. The molecule has 0 aliphatic rings. The van der Waals surface area contributed by atoms with Crippen LogP contribution in [0, 0.1) is 0 Å². The van der Waals surface area contributed by atoms with E-state index in [0.717, 1.165) is 38.7 Å². The summed E-state index contributed by atoms with van der Waals surface area (Å²) in [6.45, 7) is 10.6. The number of hydrogen-bond acceptors (Lipinski definition) is 4. The van der Waals surface area contributed by atoms with Crippen molar-refractivity contribution < 1.29 is 8.42 Å². The molecule has 0 aromatic carbocycles. The number of rotatable bonds is 11. The number of nitrogens with zero attached hydrogens (tertiary/aromatic N) is 2. The summed E-state index contributed by atoms with van der Waals surface area (Å²) in [7, 11) is -1.42. The molecular weight excluding hydrogens is 429 g/mol. The number of halogens is 1. The van der Waals surface area contributed by atoms with Crippen molar-refractivity contribution in [1.29, 1.82) is 0 Å². The summed E-state index contributed by atoms with van der Waals surface area (Å²) in [4.78, 5) is 6.56. The van der Waals surface area contributed by atoms with Crippen molar-refractivity contribution in [2.45, 2.75) is 39.7 Å². The van der Waals surface area contributed by atoms with E-state index in [9.17, 15) is 8.42 Å². The Morgan fingerprint density at radius 2 is 1.83 bits per heavy atom. The van der Waals surface area contributed by atoms with Crippen molar-refractivity contribution in [3.05, 3.63) is 0 Å². The highest BCUT2D eigenvalue weighted by Crippen LogP contribution is 1.99. The van der Waals surface area contributed by atoms with E-state index in [1.165, 1.54) is 0 Å². The largest absolute Gasteiger partial charge is 0.355 e. The third-order valence-electron chi connectivity index (χ3n) is 3.39. The van der Waals surface area contributed by atoms with Crippen LogP contribution in [0.25, 0.3) is 0 Å². The average molecular weight is 463 g/mol. The smallest absolute Gasteiger partial charge is 0.208 e. The van der Waals surface area contributed by atoms with Gasteiger partial charge in [-0.05, 0) is 39.4 Å². The van der Waals surface area contributed by atoms with Crippen molar-refractivity contribution in [2.24, 2.45) is 4.99 Å². The Kier molecular flexibility index (Phi) is 15.5. The Morgan fingerprint density at radius 1 is 1.22 bits per heavy atom. The van der Waals surface area contributed by atoms with Gasteiger partial charge in [0.25, 0.3) is 0 Å². The topological polar surface area (TPSA) is 85.8 Å². The van der Waals surface area contributed by atoms with Crippen LogP contribution in [0.1, 0.15) is 33.6 Å². The van der Waals surface area contributed by atoms with Crippen molar-refractivity contribution in [1.82, 2.24) is 20.3 Å². The van der Waals surface area contributed by atoms with Gasteiger partial charge >= 0.3 is 0 Å². The number of guanidine groups is 1. The molecule has 0 bridgehead atoms. The molecule has 0 rings (SSSR count). The highest BCUT2D eigenvalue weighted by molar-refractivity contribution is 14.0. The summed E-state index contributed by atoms with van der Waals surface area (Å²) in [5, 5.41) is 6.41. The summed E-state index contributed by atoms with van der Waals surface area (Å²) < 4.78 is 24.4. The number of nitrogens with one attached hydrogen (secondary N) is 3. The van der Waals surface area contributed by atoms with Crippen LogP contribution >= 0.6 is 24.0 Å². The van der Waals surface area contributed by atoms with Gasteiger partial charge in [-0.1, -0.05) is 13.8 Å². The lowest BCUT2D eigenvalue weighted by atomic mass is 10.2. The van der Waals surface area contributed by atoms with E-state index in [-0.39, 0.29) is 24.0 Å². The third-order valence-corrected chi connectivity index (χ3v) is 4.12. The molecule has 140 valence electrons. The van der Waals surface area contributed by atoms with Crippen LogP contribution in [0.5, 0.6) is 0 Å². The Morgan fingerprint density at radius 3 is 2.30 bits per heavy atom. The van der Waals surface area contributed by atoms with Gasteiger partial charge in [0.15, 0.2) is 5.96 Å². The van der Waals surface area contributed by atoms with Crippen LogP contribution in [-0.2, 0) is 10.0 Å². The molecular formula is C14H34IN5O2S. The van der Waals surface area contributed by atoms with Crippen LogP contribution in [0.15, 0.2) is 4.99 Å². The number of hydrogen-bond donors (Lipinski definition) is 3. The van der Waals surface area contributed by atoms with Crippen LogP contribution in [0.3, 0.4) is 0 Å². The first-order valence-electron chi connectivity index (χ1n) is 7.96. The maximum Gasteiger partial charge on any atom is 0.208 e. The van der Waals surface area contributed by atoms with E-state index in [0.29, 0.717) is 25.1 Å². The van der Waals surface area contributed by atoms with E-state index >= 15 is 0 Å². The molecule has 1 atom stereocenters. The highest BCUT2D eigenvalue weighted by Gasteiger charge is 2.06. The summed E-state index contributed by atoms with van der Waals surface area (Å²) >= 11 is 0. The van der Waals surface area contributed by atoms with Gasteiger partial charge in [-0.2, -0.15) is 0 Å². The molecule has 3 N–H and O–H groups in total. The molecule has 0 saturated heterocycles. The fourth-order valence-electron chi connectivity index (χ4n) is 2.08. The Bertz CT molecular complexity index is 413. The second kappa shape index (κ2) is 14.2. The molecule has 0 aliphatic heterocycles. The third kappa shape index (κ3) is 15.2. The van der Waals surface area contributed by atoms with E-state index in [4.69, 9.17) is 0 Å². The molecule has 0 saturated carbocycles. The van der Waals surface area contributed by atoms with E-state index in [1.807, 2.05) is 0 Å². The zero-order valence-corrected chi connectivity index (χ0v) is 18.2. The van der Waals surface area contributed by atoms with Gasteiger partial charge in [-0.15, -0.1) is 24.0 Å². The zero-order valence-electron chi connectivity index (χ0n) is 15.1. The molecule has 0 aromatic rings. The first kappa shape index (κ1) is 25.1. The van der Waals surface area contributed by atoms with Gasteiger partial charge in [-0.25, -0.2) is 13.1 Å². The molecule has 0 amide bonds. The normalized spacial score (nSPS) is 13.6. The van der Waals surface area contributed by atoms with Crippen LogP contribution in [0.2, 0.25) is 0 Å². The van der Waals surface area contributed by atoms with Crippen molar-refractivity contribution >= 4 is 40.0 Å². The quantitative estimate of drug-likeness (QED) is 0.183. The number of sulfonamides is 1. The molecule has 0 aromatic heterocycles. The Hall–Kier alpha value is -0.130. The van der Waals surface area contributed by atoms with Gasteiger partial charge in [0, 0.05) is 26.2 Å². The summed E-state index contributed by atoms with van der Waals surface area (Å²) in [5.74, 6) is 0.700. The molecule has 7 nitrogen and oxygen atoms in total. The molecule has 1 unspecified atom stereocenters. The van der Waals surface area contributed by atoms with E-state index in [2.05, 4.69) is 46.0 Å². The first-order chi connectivity index (χ1) is 10.3. The molecule has 0 heterocycles. The zero-order chi connectivity index (χ0) is 17.0. The SMILES string of the molecule is CCN(CC)CCCC(C)NC(=NC)NCCNS(C)(=O)=O.I. The van der Waals surface area contributed by atoms with E-state index in [1.54, 1.807) is 7.05 Å². The molecule has 0 fully saturated rings. The minimum atomic E-state index is -3.13. The molecule has 0 radical (unpaired) electrons. The van der Waals surface area contributed by atoms with Gasteiger partial charge in [0.2, 0.25) is 10.0 Å². The number of aliphatic imine (C=N–C) groups is 1. The maximum atomic E-state index is 11.0. The lowest BCUT2D eigenvalue weighted by Gasteiger charge is -2.21. The van der Waals surface area contributed by atoms with Gasteiger partial charge in [-0.3, -0.25) is 4.99 Å². The predicted octanol–water partition coefficient (Wildman–Crippen LogP) is 0.829. The lowest BCUT2D eigenvalue weighted by molar-refractivity contribution is 0.292. The minimum absolute atomic E-state index is 0. The second-order valence-electron chi connectivity index (χ2n) is 5.38. The molecule has 0 spiro atoms. The van der Waals surface area contributed by atoms with Crippen molar-refractivity contribution in [3.8, 4) is 0 Å². The Balaban J connectivity index is 0. The predicted molar refractivity (Wildman–Crippen MR) is 109 cm³/mol. The second-order valence-corrected chi connectivity index (χ2v) is 7.21. The molecule has 0 aliphatic carbocycles. The fourth-order valence-corrected chi connectivity index (χ4v) is 2.55. The minimum Gasteiger partial charge on any atom is -0.355 e. The molecule has 23 heavy (non-hydrogen) atoms. The van der Waals surface area contributed by atoms with Crippen molar-refractivity contribution in [3.63, 3.8) is 0 Å². The van der Waals surface area contributed by atoms with Crippen LogP contribution in [0.4, 0.5) is 0 Å². The van der Waals surface area contributed by atoms with Crippen molar-refractivity contribution in [2.75, 3.05) is 46.0 Å². The summed E-state index contributed by atoms with van der Waals surface area (Å²) in [6, 6.07) is 0.324. The first-order valence-corrected chi connectivity index (χ1v) is 9.85. The maximum absolute atomic E-state index is 11.0. The van der Waals surface area contributed by atoms with Gasteiger partial charge in [0.1, 0.15) is 0 Å². The Labute approximate surface area is 159 Å². The van der Waals surface area contributed by atoms with Crippen LogP contribution < -0.4 is 15.4 Å². The average Bonchev–Trinajstić information content (AvgIpc) is 2.45. The van der Waals surface area contributed by atoms with Crippen LogP contribution in [-0.4, -0.2) is 71.3 Å². The monoisotopic (exact) mass is 463 g/mol. The van der Waals surface area contributed by atoms with E-state index < -0.39 is 10.0 Å². The highest BCUT2D eigenvalue weighted by atomic mass is 127. The standard InChI is InChI=1S/C14H33N5O2S.HI/c1-6-19(7-2)12-8-9-13(3)18-14(15-4)16-10-11-17-22(5,20)21;/h13,17H,6-12H2,1-5H3,(H2,15,16,18);1H. The lowest BCUT2D eigenvalue weighted by Crippen LogP contribution is -2.44. The summed E-state index contributed by atoms with van der Waals surface area (Å²) in [5.41, 5.74) is 0. The molecule has 9 heteroatoms.